The van der Waals surface area contributed by atoms with Gasteiger partial charge in [-0.15, -0.1) is 0 Å². The Labute approximate surface area is 175 Å². The van der Waals surface area contributed by atoms with Crippen molar-refractivity contribution in [3.63, 3.8) is 0 Å². The van der Waals surface area contributed by atoms with Gasteiger partial charge in [0.2, 0.25) is 0 Å². The number of anilines is 1. The molecule has 1 aliphatic heterocycles. The Balaban J connectivity index is 1.76. The largest absolute Gasteiger partial charge is 0.317 e. The first-order valence-electron chi connectivity index (χ1n) is 8.44. The molecule has 0 spiro atoms. The first kappa shape index (κ1) is 18.3. The summed E-state index contributed by atoms with van der Waals surface area (Å²) in [7, 11) is 0. The fourth-order valence-corrected chi connectivity index (χ4v) is 3.66. The maximum atomic E-state index is 13.1. The highest BCUT2D eigenvalue weighted by atomic mass is 79.9. The molecule has 2 heterocycles. The van der Waals surface area contributed by atoms with Gasteiger partial charge in [-0.25, -0.2) is 0 Å². The van der Waals surface area contributed by atoms with E-state index in [0.29, 0.717) is 11.4 Å². The lowest BCUT2D eigenvalue weighted by molar-refractivity contribution is -0.122. The molecule has 2 aromatic carbocycles. The van der Waals surface area contributed by atoms with E-state index in [-0.39, 0.29) is 10.7 Å². The predicted molar refractivity (Wildman–Crippen MR) is 116 cm³/mol. The summed E-state index contributed by atoms with van der Waals surface area (Å²) in [6.45, 7) is 0. The first-order valence-corrected chi connectivity index (χ1v) is 9.64. The Morgan fingerprint density at radius 2 is 1.68 bits per heavy atom. The second-order valence-corrected chi connectivity index (χ2v) is 7.38. The van der Waals surface area contributed by atoms with E-state index >= 15 is 0 Å². The van der Waals surface area contributed by atoms with Crippen LogP contribution >= 0.6 is 28.1 Å². The third-order valence-electron chi connectivity index (χ3n) is 4.27. The number of aromatic nitrogens is 1. The van der Waals surface area contributed by atoms with Crippen molar-refractivity contribution in [1.29, 1.82) is 0 Å². The molecule has 3 aromatic rings. The van der Waals surface area contributed by atoms with Gasteiger partial charge in [0.1, 0.15) is 5.57 Å². The third-order valence-corrected chi connectivity index (χ3v) is 5.05. The number of amides is 2. The zero-order valence-electron chi connectivity index (χ0n) is 14.5. The maximum absolute atomic E-state index is 13.1. The monoisotopic (exact) mass is 451 g/mol. The average molecular weight is 452 g/mol. The number of hydrogen-bond donors (Lipinski definition) is 1. The number of para-hydroxylation sites is 1. The molecule has 5 nitrogen and oxygen atoms in total. The van der Waals surface area contributed by atoms with Gasteiger partial charge in [-0.05, 0) is 60.8 Å². The molecule has 0 saturated carbocycles. The van der Waals surface area contributed by atoms with E-state index < -0.39 is 11.8 Å². The molecule has 1 fully saturated rings. The number of nitrogens with one attached hydrogen (secondary N) is 1. The fraction of sp³-hybridized carbons (Fsp3) is 0. The predicted octanol–water partition coefficient (Wildman–Crippen LogP) is 4.07. The summed E-state index contributed by atoms with van der Waals surface area (Å²) >= 11 is 8.63. The Bertz CT molecular complexity index is 1120. The number of thiocarbonyl (C=S) groups is 1. The molecule has 1 N–H and O–H groups in total. The lowest BCUT2D eigenvalue weighted by Gasteiger charge is -2.29. The number of benzene rings is 2. The molecular weight excluding hydrogens is 438 g/mol. The summed E-state index contributed by atoms with van der Waals surface area (Å²) in [6, 6.07) is 20.6. The smallest absolute Gasteiger partial charge is 0.270 e. The maximum Gasteiger partial charge on any atom is 0.270 e. The molecule has 0 radical (unpaired) electrons. The SMILES string of the molecule is O=C1NC(=S)N(c2cccc(Br)c2)C(=O)C1=Cc1cccn1-c1ccccc1. The van der Waals surface area contributed by atoms with Crippen molar-refractivity contribution < 1.29 is 9.59 Å². The number of hydrogen-bond acceptors (Lipinski definition) is 3. The molecule has 7 heteroatoms. The van der Waals surface area contributed by atoms with Crippen LogP contribution in [0.15, 0.2) is 83.0 Å². The standard InChI is InChI=1S/C21H14BrN3O2S/c22-14-6-4-9-17(12-14)25-20(27)18(19(26)23-21(25)28)13-16-10-5-11-24(16)15-7-2-1-3-8-15/h1-13H,(H,23,26,28). The van der Waals surface area contributed by atoms with Crippen LogP contribution in [-0.4, -0.2) is 21.5 Å². The van der Waals surface area contributed by atoms with Crippen molar-refractivity contribution in [2.24, 2.45) is 0 Å². The molecule has 0 bridgehead atoms. The number of carbonyl (C=O) groups is 2. The molecule has 0 aliphatic carbocycles. The highest BCUT2D eigenvalue weighted by molar-refractivity contribution is 9.10. The van der Waals surface area contributed by atoms with Gasteiger partial charge in [0, 0.05) is 22.1 Å². The van der Waals surface area contributed by atoms with Crippen molar-refractivity contribution >= 4 is 56.8 Å². The summed E-state index contributed by atoms with van der Waals surface area (Å²) in [5.74, 6) is -0.977. The van der Waals surface area contributed by atoms with E-state index in [1.54, 1.807) is 24.3 Å². The Kier molecular flexibility index (Phi) is 4.93. The van der Waals surface area contributed by atoms with Gasteiger partial charge >= 0.3 is 0 Å². The molecule has 1 aromatic heterocycles. The number of halogens is 1. The van der Waals surface area contributed by atoms with Crippen LogP contribution in [0.2, 0.25) is 0 Å². The van der Waals surface area contributed by atoms with Crippen LogP contribution in [0.1, 0.15) is 5.69 Å². The average Bonchev–Trinajstić information content (AvgIpc) is 3.14. The first-order chi connectivity index (χ1) is 13.5. The van der Waals surface area contributed by atoms with E-state index in [9.17, 15) is 9.59 Å². The Morgan fingerprint density at radius 1 is 0.929 bits per heavy atom. The second-order valence-electron chi connectivity index (χ2n) is 6.08. The van der Waals surface area contributed by atoms with Gasteiger partial charge in [-0.3, -0.25) is 19.8 Å². The second kappa shape index (κ2) is 7.53. The molecule has 1 saturated heterocycles. The van der Waals surface area contributed by atoms with Gasteiger partial charge < -0.3 is 4.57 Å². The molecule has 0 unspecified atom stereocenters. The van der Waals surface area contributed by atoms with Crippen LogP contribution in [-0.2, 0) is 9.59 Å². The Hall–Kier alpha value is -3.03. The topological polar surface area (TPSA) is 54.3 Å². The van der Waals surface area contributed by atoms with Crippen LogP contribution in [0, 0.1) is 0 Å². The van der Waals surface area contributed by atoms with E-state index in [2.05, 4.69) is 21.2 Å². The zero-order valence-corrected chi connectivity index (χ0v) is 16.9. The third kappa shape index (κ3) is 3.42. The highest BCUT2D eigenvalue weighted by Crippen LogP contribution is 2.25. The van der Waals surface area contributed by atoms with Crippen LogP contribution < -0.4 is 10.2 Å². The van der Waals surface area contributed by atoms with Gasteiger partial charge in [-0.2, -0.15) is 0 Å². The van der Waals surface area contributed by atoms with Gasteiger partial charge in [0.15, 0.2) is 5.11 Å². The van der Waals surface area contributed by atoms with Crippen LogP contribution in [0.3, 0.4) is 0 Å². The summed E-state index contributed by atoms with van der Waals surface area (Å²) in [5, 5.41) is 2.66. The number of rotatable bonds is 3. The van der Waals surface area contributed by atoms with Gasteiger partial charge in [0.05, 0.1) is 5.69 Å². The molecule has 4 rings (SSSR count). The Morgan fingerprint density at radius 3 is 2.43 bits per heavy atom. The van der Waals surface area contributed by atoms with Crippen molar-refractivity contribution in [1.82, 2.24) is 9.88 Å². The number of nitrogens with zero attached hydrogens (tertiary/aromatic N) is 2. The van der Waals surface area contributed by atoms with Crippen molar-refractivity contribution in [3.8, 4) is 5.69 Å². The van der Waals surface area contributed by atoms with Crippen LogP contribution in [0.4, 0.5) is 5.69 Å². The lowest BCUT2D eigenvalue weighted by atomic mass is 10.1. The van der Waals surface area contributed by atoms with Gasteiger partial charge in [0.25, 0.3) is 11.8 Å². The molecule has 0 atom stereocenters. The fourth-order valence-electron chi connectivity index (χ4n) is 2.99. The highest BCUT2D eigenvalue weighted by Gasteiger charge is 2.34. The van der Waals surface area contributed by atoms with Crippen molar-refractivity contribution in [2.45, 2.75) is 0 Å². The normalized spacial score (nSPS) is 15.8. The van der Waals surface area contributed by atoms with Gasteiger partial charge in [-0.1, -0.05) is 40.2 Å². The number of carbonyl (C=O) groups excluding carboxylic acids is 2. The quantitative estimate of drug-likeness (QED) is 0.371. The minimum absolute atomic E-state index is 0.0180. The van der Waals surface area contributed by atoms with E-state index in [1.165, 1.54) is 4.90 Å². The summed E-state index contributed by atoms with van der Waals surface area (Å²) in [5.41, 5.74) is 2.24. The summed E-state index contributed by atoms with van der Waals surface area (Å²) < 4.78 is 2.71. The molecule has 2 amide bonds. The van der Waals surface area contributed by atoms with Crippen molar-refractivity contribution in [3.05, 3.63) is 88.7 Å². The molecule has 1 aliphatic rings. The van der Waals surface area contributed by atoms with E-state index in [0.717, 1.165) is 10.2 Å². The molecule has 28 heavy (non-hydrogen) atoms. The minimum Gasteiger partial charge on any atom is -0.317 e. The van der Waals surface area contributed by atoms with E-state index in [4.69, 9.17) is 12.2 Å². The molecule has 138 valence electrons. The summed E-state index contributed by atoms with van der Waals surface area (Å²) in [4.78, 5) is 26.9. The minimum atomic E-state index is -0.512. The lowest BCUT2D eigenvalue weighted by Crippen LogP contribution is -2.54. The molecular formula is C21H14BrN3O2S. The van der Waals surface area contributed by atoms with E-state index in [1.807, 2.05) is 59.3 Å². The van der Waals surface area contributed by atoms with Crippen molar-refractivity contribution in [2.75, 3.05) is 4.90 Å². The van der Waals surface area contributed by atoms with Crippen LogP contribution in [0.25, 0.3) is 11.8 Å². The van der Waals surface area contributed by atoms with Crippen LogP contribution in [0.5, 0.6) is 0 Å². The summed E-state index contributed by atoms with van der Waals surface area (Å²) in [6.07, 6.45) is 3.46. The zero-order chi connectivity index (χ0) is 19.7.